The maximum absolute atomic E-state index is 12.3. The quantitative estimate of drug-likeness (QED) is 0.636. The summed E-state index contributed by atoms with van der Waals surface area (Å²) in [4.78, 5) is 16.8. The average molecular weight is 379 g/mol. The third-order valence-electron chi connectivity index (χ3n) is 3.76. The van der Waals surface area contributed by atoms with Crippen LogP contribution in [-0.2, 0) is 4.79 Å². The molecule has 7 nitrogen and oxygen atoms in total. The molecular weight excluding hydrogens is 362 g/mol. The summed E-state index contributed by atoms with van der Waals surface area (Å²) in [6.45, 7) is 1.78. The number of nitrogens with one attached hydrogen (secondary N) is 2. The lowest BCUT2D eigenvalue weighted by Gasteiger charge is -2.10. The number of rotatable bonds is 6. The molecule has 3 rings (SSSR count). The van der Waals surface area contributed by atoms with Gasteiger partial charge in [-0.25, -0.2) is 4.98 Å². The van der Waals surface area contributed by atoms with Gasteiger partial charge < -0.3 is 10.1 Å². The van der Waals surface area contributed by atoms with Crippen LogP contribution >= 0.6 is 11.8 Å². The molecule has 0 radical (unpaired) electrons. The van der Waals surface area contributed by atoms with Gasteiger partial charge in [-0.3, -0.25) is 9.89 Å². The zero-order valence-corrected chi connectivity index (χ0v) is 15.6. The van der Waals surface area contributed by atoms with Gasteiger partial charge in [0.25, 0.3) is 0 Å². The highest BCUT2D eigenvalue weighted by Gasteiger charge is 2.17. The van der Waals surface area contributed by atoms with Crippen molar-refractivity contribution in [2.45, 2.75) is 17.3 Å². The molecular formula is C19H17N5O2S. The third-order valence-corrected chi connectivity index (χ3v) is 4.72. The van der Waals surface area contributed by atoms with E-state index in [2.05, 4.69) is 20.5 Å². The van der Waals surface area contributed by atoms with Gasteiger partial charge in [-0.2, -0.15) is 5.26 Å². The molecule has 0 spiro atoms. The monoisotopic (exact) mass is 379 g/mol. The Labute approximate surface area is 160 Å². The number of aromatic nitrogens is 3. The van der Waals surface area contributed by atoms with Crippen LogP contribution in [0.5, 0.6) is 5.75 Å². The molecule has 0 unspecified atom stereocenters. The minimum atomic E-state index is -0.389. The standard InChI is InChI=1S/C19H17N5O2S/c1-12(18(25)21-15-7-3-13(11-20)4-8-15)27-19-22-17(23-24-19)14-5-9-16(26-2)10-6-14/h3-10,12H,1-2H3,(H,21,25)(H,22,23,24)/t12-/m0/s1. The van der Waals surface area contributed by atoms with Crippen molar-refractivity contribution in [2.24, 2.45) is 0 Å². The van der Waals surface area contributed by atoms with Crippen molar-refractivity contribution in [1.82, 2.24) is 15.2 Å². The van der Waals surface area contributed by atoms with Crippen LogP contribution in [0.3, 0.4) is 0 Å². The van der Waals surface area contributed by atoms with Gasteiger partial charge in [0.05, 0.1) is 24.0 Å². The number of carbonyl (C=O) groups is 1. The Hall–Kier alpha value is -3.31. The number of H-pyrrole nitrogens is 1. The lowest BCUT2D eigenvalue weighted by Crippen LogP contribution is -2.22. The van der Waals surface area contributed by atoms with Crippen molar-refractivity contribution in [3.63, 3.8) is 0 Å². The van der Waals surface area contributed by atoms with Crippen LogP contribution in [0, 0.1) is 11.3 Å². The first-order valence-electron chi connectivity index (χ1n) is 8.13. The van der Waals surface area contributed by atoms with Gasteiger partial charge in [-0.15, -0.1) is 5.10 Å². The predicted molar refractivity (Wildman–Crippen MR) is 103 cm³/mol. The van der Waals surface area contributed by atoms with E-state index in [4.69, 9.17) is 10.00 Å². The van der Waals surface area contributed by atoms with Crippen LogP contribution in [0.2, 0.25) is 0 Å². The van der Waals surface area contributed by atoms with E-state index in [9.17, 15) is 4.79 Å². The van der Waals surface area contributed by atoms with Gasteiger partial charge in [0.2, 0.25) is 11.1 Å². The number of nitrogens with zero attached hydrogens (tertiary/aromatic N) is 3. The zero-order valence-electron chi connectivity index (χ0n) is 14.8. The first-order chi connectivity index (χ1) is 13.1. The van der Waals surface area contributed by atoms with Crippen molar-refractivity contribution < 1.29 is 9.53 Å². The second kappa shape index (κ2) is 8.38. The molecule has 2 N–H and O–H groups in total. The van der Waals surface area contributed by atoms with E-state index in [1.165, 1.54) is 11.8 Å². The van der Waals surface area contributed by atoms with Crippen molar-refractivity contribution in [3.05, 3.63) is 54.1 Å². The van der Waals surface area contributed by atoms with E-state index in [-0.39, 0.29) is 11.2 Å². The van der Waals surface area contributed by atoms with Crippen LogP contribution in [-0.4, -0.2) is 33.4 Å². The third kappa shape index (κ3) is 4.65. The predicted octanol–water partition coefficient (Wildman–Crippen LogP) is 3.47. The molecule has 1 aromatic heterocycles. The zero-order chi connectivity index (χ0) is 19.2. The Morgan fingerprint density at radius 2 is 1.93 bits per heavy atom. The number of methoxy groups -OCH3 is 1. The highest BCUT2D eigenvalue weighted by atomic mass is 32.2. The van der Waals surface area contributed by atoms with Crippen LogP contribution in [0.25, 0.3) is 11.4 Å². The summed E-state index contributed by atoms with van der Waals surface area (Å²) in [6, 6.07) is 16.2. The number of hydrogen-bond acceptors (Lipinski definition) is 6. The molecule has 0 bridgehead atoms. The largest absolute Gasteiger partial charge is 0.497 e. The Balaban J connectivity index is 1.61. The highest BCUT2D eigenvalue weighted by Crippen LogP contribution is 2.24. The van der Waals surface area contributed by atoms with Crippen molar-refractivity contribution in [3.8, 4) is 23.2 Å². The van der Waals surface area contributed by atoms with Crippen molar-refractivity contribution in [1.29, 1.82) is 5.26 Å². The van der Waals surface area contributed by atoms with Gasteiger partial charge in [0.1, 0.15) is 5.75 Å². The number of anilines is 1. The second-order valence-corrected chi connectivity index (χ2v) is 6.94. The van der Waals surface area contributed by atoms with E-state index in [1.807, 2.05) is 30.3 Å². The van der Waals surface area contributed by atoms with E-state index < -0.39 is 0 Å². The maximum Gasteiger partial charge on any atom is 0.237 e. The molecule has 0 fully saturated rings. The van der Waals surface area contributed by atoms with Crippen LogP contribution in [0.15, 0.2) is 53.7 Å². The first-order valence-corrected chi connectivity index (χ1v) is 9.01. The number of ether oxygens (including phenoxy) is 1. The van der Waals surface area contributed by atoms with Gasteiger partial charge in [0, 0.05) is 11.3 Å². The molecule has 0 aliphatic rings. The molecule has 136 valence electrons. The minimum absolute atomic E-state index is 0.166. The number of benzene rings is 2. The smallest absolute Gasteiger partial charge is 0.237 e. The Morgan fingerprint density at radius 1 is 1.22 bits per heavy atom. The molecule has 8 heteroatoms. The van der Waals surface area contributed by atoms with Crippen molar-refractivity contribution >= 4 is 23.4 Å². The summed E-state index contributed by atoms with van der Waals surface area (Å²) < 4.78 is 5.14. The van der Waals surface area contributed by atoms with Gasteiger partial charge in [-0.1, -0.05) is 11.8 Å². The summed E-state index contributed by atoms with van der Waals surface area (Å²) in [7, 11) is 1.61. The maximum atomic E-state index is 12.3. The second-order valence-electron chi connectivity index (χ2n) is 5.63. The molecule has 1 atom stereocenters. The first kappa shape index (κ1) is 18.5. The number of hydrogen-bond donors (Lipinski definition) is 2. The van der Waals surface area contributed by atoms with E-state index >= 15 is 0 Å². The molecule has 1 heterocycles. The Morgan fingerprint density at radius 3 is 2.56 bits per heavy atom. The molecule has 3 aromatic rings. The SMILES string of the molecule is COc1ccc(-c2nc(S[C@@H](C)C(=O)Nc3ccc(C#N)cc3)n[nH]2)cc1. The summed E-state index contributed by atoms with van der Waals surface area (Å²) in [5, 5.41) is 18.8. The number of aromatic amines is 1. The number of carbonyl (C=O) groups excluding carboxylic acids is 1. The molecule has 0 saturated heterocycles. The summed E-state index contributed by atoms with van der Waals surface area (Å²) in [5.74, 6) is 1.22. The highest BCUT2D eigenvalue weighted by molar-refractivity contribution is 8.00. The Kier molecular flexibility index (Phi) is 5.74. The lowest BCUT2D eigenvalue weighted by molar-refractivity contribution is -0.115. The minimum Gasteiger partial charge on any atom is -0.497 e. The van der Waals surface area contributed by atoms with Gasteiger partial charge in [0.15, 0.2) is 5.82 Å². The fourth-order valence-corrected chi connectivity index (χ4v) is 2.99. The van der Waals surface area contributed by atoms with Crippen molar-refractivity contribution in [2.75, 3.05) is 12.4 Å². The average Bonchev–Trinajstić information content (AvgIpc) is 3.17. The number of nitriles is 1. The molecule has 2 aromatic carbocycles. The van der Waals surface area contributed by atoms with E-state index in [0.717, 1.165) is 11.3 Å². The fraction of sp³-hybridized carbons (Fsp3) is 0.158. The van der Waals surface area contributed by atoms with Gasteiger partial charge in [-0.05, 0) is 55.5 Å². The molecule has 27 heavy (non-hydrogen) atoms. The molecule has 0 aliphatic carbocycles. The topological polar surface area (TPSA) is 104 Å². The Bertz CT molecular complexity index is 961. The van der Waals surface area contributed by atoms with Crippen LogP contribution < -0.4 is 10.1 Å². The van der Waals surface area contributed by atoms with Crippen LogP contribution in [0.4, 0.5) is 5.69 Å². The van der Waals surface area contributed by atoms with E-state index in [1.54, 1.807) is 38.3 Å². The van der Waals surface area contributed by atoms with E-state index in [0.29, 0.717) is 22.2 Å². The molecule has 0 saturated carbocycles. The lowest BCUT2D eigenvalue weighted by atomic mass is 10.2. The van der Waals surface area contributed by atoms with Gasteiger partial charge >= 0.3 is 0 Å². The fourth-order valence-electron chi connectivity index (χ4n) is 2.26. The normalized spacial score (nSPS) is 11.4. The summed E-state index contributed by atoms with van der Waals surface area (Å²) >= 11 is 1.26. The number of amides is 1. The molecule has 1 amide bonds. The summed E-state index contributed by atoms with van der Waals surface area (Å²) in [6.07, 6.45) is 0. The van der Waals surface area contributed by atoms with Crippen LogP contribution in [0.1, 0.15) is 12.5 Å². The number of thioether (sulfide) groups is 1. The molecule has 0 aliphatic heterocycles. The summed E-state index contributed by atoms with van der Waals surface area (Å²) in [5.41, 5.74) is 2.06.